The third kappa shape index (κ3) is 4.40. The quantitative estimate of drug-likeness (QED) is 0.421. The Morgan fingerprint density at radius 3 is 2.52 bits per heavy atom. The Labute approximate surface area is 190 Å². The summed E-state index contributed by atoms with van der Waals surface area (Å²) in [4.78, 5) is 44.0. The van der Waals surface area contributed by atoms with Gasteiger partial charge in [-0.2, -0.15) is 0 Å². The second-order valence-electron chi connectivity index (χ2n) is 7.72. The van der Waals surface area contributed by atoms with Crippen LogP contribution < -0.4 is 5.32 Å². The van der Waals surface area contributed by atoms with Gasteiger partial charge in [-0.25, -0.2) is 9.37 Å². The largest absolute Gasteiger partial charge is 0.385 e. The van der Waals surface area contributed by atoms with E-state index in [1.165, 1.54) is 35.2 Å². The van der Waals surface area contributed by atoms with E-state index < -0.39 is 17.9 Å². The minimum absolute atomic E-state index is 0.195. The number of aryl methyl sites for hydroxylation is 1. The molecule has 3 aromatic rings. The average molecular weight is 450 g/mol. The molecule has 0 saturated heterocycles. The van der Waals surface area contributed by atoms with Crippen molar-refractivity contribution < 1.29 is 23.5 Å². The van der Waals surface area contributed by atoms with Crippen LogP contribution in [0.2, 0.25) is 0 Å². The number of amides is 3. The van der Waals surface area contributed by atoms with Gasteiger partial charge in [-0.1, -0.05) is 12.1 Å². The van der Waals surface area contributed by atoms with Gasteiger partial charge < -0.3 is 14.6 Å². The first-order valence-corrected chi connectivity index (χ1v) is 10.4. The van der Waals surface area contributed by atoms with Crippen molar-refractivity contribution in [1.29, 1.82) is 0 Å². The highest BCUT2D eigenvalue weighted by Gasteiger charge is 2.35. The van der Waals surface area contributed by atoms with Gasteiger partial charge in [-0.05, 0) is 42.3 Å². The summed E-state index contributed by atoms with van der Waals surface area (Å²) in [5.74, 6) is -1.09. The first-order valence-electron chi connectivity index (χ1n) is 10.4. The van der Waals surface area contributed by atoms with E-state index in [2.05, 4.69) is 10.3 Å². The number of carbonyl (C=O) groups is 3. The summed E-state index contributed by atoms with van der Waals surface area (Å²) in [6.45, 7) is 0.673. The lowest BCUT2D eigenvalue weighted by Gasteiger charge is -2.19. The minimum atomic E-state index is -0.644. The number of imidazole rings is 1. The Kier molecular flexibility index (Phi) is 6.32. The monoisotopic (exact) mass is 450 g/mol. The Balaban J connectivity index is 1.59. The molecule has 1 aliphatic heterocycles. The number of fused-ring (bicyclic) bond motifs is 1. The molecule has 0 bridgehead atoms. The molecule has 4 rings (SSSR count). The summed E-state index contributed by atoms with van der Waals surface area (Å²) in [5, 5.41) is 2.91. The third-order valence-electron chi connectivity index (χ3n) is 5.56. The van der Waals surface area contributed by atoms with Gasteiger partial charge in [-0.15, -0.1) is 0 Å². The van der Waals surface area contributed by atoms with Crippen LogP contribution in [-0.2, 0) is 11.8 Å². The highest BCUT2D eigenvalue weighted by atomic mass is 19.1. The molecule has 170 valence electrons. The number of imide groups is 1. The van der Waals surface area contributed by atoms with Crippen molar-refractivity contribution in [1.82, 2.24) is 19.8 Å². The predicted molar refractivity (Wildman–Crippen MR) is 117 cm³/mol. The predicted octanol–water partition coefficient (Wildman–Crippen LogP) is 2.71. The molecular weight excluding hydrogens is 427 g/mol. The van der Waals surface area contributed by atoms with E-state index in [0.717, 1.165) is 0 Å². The van der Waals surface area contributed by atoms with Gasteiger partial charge in [0, 0.05) is 45.3 Å². The van der Waals surface area contributed by atoms with Crippen molar-refractivity contribution in [3.8, 4) is 0 Å². The van der Waals surface area contributed by atoms with E-state index in [1.54, 1.807) is 43.3 Å². The molecular formula is C24H23FN4O4. The molecule has 9 heteroatoms. The number of nitrogens with zero attached hydrogens (tertiary/aromatic N) is 3. The molecule has 0 aliphatic carbocycles. The van der Waals surface area contributed by atoms with Crippen LogP contribution >= 0.6 is 0 Å². The first kappa shape index (κ1) is 22.3. The third-order valence-corrected chi connectivity index (χ3v) is 5.56. The van der Waals surface area contributed by atoms with E-state index in [0.29, 0.717) is 24.4 Å². The lowest BCUT2D eigenvalue weighted by atomic mass is 10.0. The molecule has 1 N–H and O–H groups in total. The Hall–Kier alpha value is -3.85. The number of benzene rings is 2. The van der Waals surface area contributed by atoms with Crippen molar-refractivity contribution in [3.63, 3.8) is 0 Å². The van der Waals surface area contributed by atoms with Crippen LogP contribution in [0.1, 0.15) is 54.9 Å². The zero-order valence-electron chi connectivity index (χ0n) is 18.2. The van der Waals surface area contributed by atoms with E-state index in [1.807, 2.05) is 0 Å². The van der Waals surface area contributed by atoms with Crippen LogP contribution in [-0.4, -0.2) is 52.4 Å². The summed E-state index contributed by atoms with van der Waals surface area (Å²) in [7, 11) is 3.35. The highest BCUT2D eigenvalue weighted by molar-refractivity contribution is 6.22. The van der Waals surface area contributed by atoms with Gasteiger partial charge >= 0.3 is 0 Å². The number of nitrogens with one attached hydrogen (secondary N) is 1. The molecule has 8 nitrogen and oxygen atoms in total. The van der Waals surface area contributed by atoms with Crippen LogP contribution in [0, 0.1) is 5.82 Å². The maximum atomic E-state index is 13.4. The summed E-state index contributed by atoms with van der Waals surface area (Å²) in [6, 6.07) is 9.59. The molecule has 2 heterocycles. The van der Waals surface area contributed by atoms with E-state index >= 15 is 0 Å². The summed E-state index contributed by atoms with van der Waals surface area (Å²) in [6.07, 6.45) is 3.88. The second-order valence-corrected chi connectivity index (χ2v) is 7.72. The zero-order valence-corrected chi connectivity index (χ0v) is 18.2. The molecule has 2 aromatic carbocycles. The highest BCUT2D eigenvalue weighted by Crippen LogP contribution is 2.26. The smallest absolute Gasteiger partial charge is 0.261 e. The van der Waals surface area contributed by atoms with Gasteiger partial charge in [0.15, 0.2) is 0 Å². The molecule has 3 amide bonds. The summed E-state index contributed by atoms with van der Waals surface area (Å²) < 4.78 is 20.2. The molecule has 1 atom stereocenters. The fraction of sp³-hybridized carbons (Fsp3) is 0.250. The molecule has 1 unspecified atom stereocenters. The summed E-state index contributed by atoms with van der Waals surface area (Å²) in [5.41, 5.74) is 1.35. The van der Waals surface area contributed by atoms with Crippen LogP contribution in [0.15, 0.2) is 54.9 Å². The standard InChI is InChI=1S/C24H23FN4O4/c1-28-12-10-26-21(28)20(15-4-7-17(25)8-5-15)27-22(30)16-6-9-18-19(14-16)24(32)29(23(18)31)11-3-13-33-2/h4-10,12,14,20H,3,11,13H2,1-2H3,(H,27,30). The number of hydrogen-bond donors (Lipinski definition) is 1. The van der Waals surface area contributed by atoms with Gasteiger partial charge in [0.2, 0.25) is 0 Å². The molecule has 0 saturated carbocycles. The zero-order chi connectivity index (χ0) is 23.5. The van der Waals surface area contributed by atoms with Gasteiger partial charge in [0.25, 0.3) is 17.7 Å². The lowest BCUT2D eigenvalue weighted by Crippen LogP contribution is -2.31. The number of aromatic nitrogens is 2. The van der Waals surface area contributed by atoms with Gasteiger partial charge in [0.1, 0.15) is 17.7 Å². The maximum absolute atomic E-state index is 13.4. The normalized spacial score (nSPS) is 13.8. The second kappa shape index (κ2) is 9.33. The molecule has 33 heavy (non-hydrogen) atoms. The minimum Gasteiger partial charge on any atom is -0.385 e. The Bertz CT molecular complexity index is 1210. The first-order chi connectivity index (χ1) is 15.9. The van der Waals surface area contributed by atoms with E-state index in [4.69, 9.17) is 4.74 Å². The number of carbonyl (C=O) groups excluding carboxylic acids is 3. The Morgan fingerprint density at radius 2 is 1.85 bits per heavy atom. The van der Waals surface area contributed by atoms with Crippen molar-refractivity contribution >= 4 is 17.7 Å². The number of rotatable bonds is 8. The van der Waals surface area contributed by atoms with E-state index in [-0.39, 0.29) is 35.0 Å². The number of hydrogen-bond acceptors (Lipinski definition) is 5. The molecule has 0 fully saturated rings. The Morgan fingerprint density at radius 1 is 1.12 bits per heavy atom. The topological polar surface area (TPSA) is 93.5 Å². The number of ether oxygens (including phenoxy) is 1. The molecule has 1 aromatic heterocycles. The van der Waals surface area contributed by atoms with Crippen molar-refractivity contribution in [2.24, 2.45) is 7.05 Å². The van der Waals surface area contributed by atoms with Crippen molar-refractivity contribution in [2.75, 3.05) is 20.3 Å². The SMILES string of the molecule is COCCCN1C(=O)c2ccc(C(=O)NC(c3ccc(F)cc3)c3nccn3C)cc2C1=O. The number of halogens is 1. The lowest BCUT2D eigenvalue weighted by molar-refractivity contribution is 0.0638. The van der Waals surface area contributed by atoms with E-state index in [9.17, 15) is 18.8 Å². The van der Waals surface area contributed by atoms with Crippen LogP contribution in [0.25, 0.3) is 0 Å². The van der Waals surface area contributed by atoms with Crippen molar-refractivity contribution in [3.05, 3.63) is 88.8 Å². The fourth-order valence-electron chi connectivity index (χ4n) is 3.82. The fourth-order valence-corrected chi connectivity index (χ4v) is 3.82. The maximum Gasteiger partial charge on any atom is 0.261 e. The molecule has 1 aliphatic rings. The average Bonchev–Trinajstić information content (AvgIpc) is 3.34. The van der Waals surface area contributed by atoms with Gasteiger partial charge in [-0.3, -0.25) is 19.3 Å². The van der Waals surface area contributed by atoms with Gasteiger partial charge in [0.05, 0.1) is 11.1 Å². The molecule has 0 spiro atoms. The van der Waals surface area contributed by atoms with Crippen LogP contribution in [0.4, 0.5) is 4.39 Å². The molecule has 0 radical (unpaired) electrons. The van der Waals surface area contributed by atoms with Crippen molar-refractivity contribution in [2.45, 2.75) is 12.5 Å². The number of methoxy groups -OCH3 is 1. The van der Waals surface area contributed by atoms with Crippen LogP contribution in [0.5, 0.6) is 0 Å². The summed E-state index contributed by atoms with van der Waals surface area (Å²) >= 11 is 0. The van der Waals surface area contributed by atoms with Crippen LogP contribution in [0.3, 0.4) is 0 Å².